The van der Waals surface area contributed by atoms with Gasteiger partial charge >= 0.3 is 0 Å². The van der Waals surface area contributed by atoms with Gasteiger partial charge in [-0.3, -0.25) is 0 Å². The van der Waals surface area contributed by atoms with Crippen LogP contribution in [0.1, 0.15) is 32.6 Å². The SMILES string of the molecule is CCC1CCN(CC2CCCOC2)CCN1. The Morgan fingerprint density at radius 1 is 1.31 bits per heavy atom. The van der Waals surface area contributed by atoms with E-state index in [-0.39, 0.29) is 0 Å². The first-order chi connectivity index (χ1) is 7.88. The molecular weight excluding hydrogens is 200 g/mol. The van der Waals surface area contributed by atoms with Gasteiger partial charge in [0.2, 0.25) is 0 Å². The number of hydrogen-bond acceptors (Lipinski definition) is 3. The smallest absolute Gasteiger partial charge is 0.0506 e. The number of nitrogens with one attached hydrogen (secondary N) is 1. The summed E-state index contributed by atoms with van der Waals surface area (Å²) in [6.07, 6.45) is 5.19. The number of hydrogen-bond donors (Lipinski definition) is 1. The second kappa shape index (κ2) is 6.58. The average molecular weight is 226 g/mol. The van der Waals surface area contributed by atoms with Crippen molar-refractivity contribution < 1.29 is 4.74 Å². The molecule has 0 aromatic heterocycles. The van der Waals surface area contributed by atoms with Crippen LogP contribution in [0, 0.1) is 5.92 Å². The molecule has 1 N–H and O–H groups in total. The van der Waals surface area contributed by atoms with Crippen LogP contribution in [0.2, 0.25) is 0 Å². The van der Waals surface area contributed by atoms with E-state index in [1.165, 1.54) is 45.3 Å². The van der Waals surface area contributed by atoms with Crippen LogP contribution >= 0.6 is 0 Å². The maximum Gasteiger partial charge on any atom is 0.0506 e. The zero-order valence-electron chi connectivity index (χ0n) is 10.6. The molecule has 3 heteroatoms. The second-order valence-corrected chi connectivity index (χ2v) is 5.23. The van der Waals surface area contributed by atoms with Crippen LogP contribution in [0.3, 0.4) is 0 Å². The number of rotatable bonds is 3. The van der Waals surface area contributed by atoms with Crippen LogP contribution < -0.4 is 5.32 Å². The predicted molar refractivity (Wildman–Crippen MR) is 66.7 cm³/mol. The van der Waals surface area contributed by atoms with E-state index >= 15 is 0 Å². The summed E-state index contributed by atoms with van der Waals surface area (Å²) >= 11 is 0. The fraction of sp³-hybridized carbons (Fsp3) is 1.00. The van der Waals surface area contributed by atoms with Gasteiger partial charge in [-0.2, -0.15) is 0 Å². The molecule has 0 aromatic carbocycles. The van der Waals surface area contributed by atoms with E-state index < -0.39 is 0 Å². The molecule has 2 aliphatic rings. The van der Waals surface area contributed by atoms with E-state index in [0.717, 1.165) is 31.7 Å². The van der Waals surface area contributed by atoms with Crippen molar-refractivity contribution in [3.05, 3.63) is 0 Å². The highest BCUT2D eigenvalue weighted by Gasteiger charge is 2.20. The highest BCUT2D eigenvalue weighted by molar-refractivity contribution is 4.76. The molecule has 0 bridgehead atoms. The third-order valence-electron chi connectivity index (χ3n) is 3.92. The van der Waals surface area contributed by atoms with Crippen molar-refractivity contribution in [3.8, 4) is 0 Å². The fourth-order valence-corrected chi connectivity index (χ4v) is 2.83. The molecule has 2 fully saturated rings. The van der Waals surface area contributed by atoms with Gasteiger partial charge in [0.1, 0.15) is 0 Å². The van der Waals surface area contributed by atoms with Gasteiger partial charge in [-0.05, 0) is 38.1 Å². The lowest BCUT2D eigenvalue weighted by Crippen LogP contribution is -2.35. The Kier molecular flexibility index (Phi) is 5.07. The zero-order valence-corrected chi connectivity index (χ0v) is 10.6. The first kappa shape index (κ1) is 12.3. The second-order valence-electron chi connectivity index (χ2n) is 5.23. The van der Waals surface area contributed by atoms with Crippen LogP contribution in [-0.2, 0) is 4.74 Å². The molecule has 94 valence electrons. The van der Waals surface area contributed by atoms with E-state index in [9.17, 15) is 0 Å². The lowest BCUT2D eigenvalue weighted by Gasteiger charge is -2.28. The molecule has 3 nitrogen and oxygen atoms in total. The summed E-state index contributed by atoms with van der Waals surface area (Å²) in [5.74, 6) is 0.784. The van der Waals surface area contributed by atoms with E-state index in [0.29, 0.717) is 0 Å². The monoisotopic (exact) mass is 226 g/mol. The molecule has 2 unspecified atom stereocenters. The Morgan fingerprint density at radius 2 is 2.25 bits per heavy atom. The Morgan fingerprint density at radius 3 is 3.00 bits per heavy atom. The quantitative estimate of drug-likeness (QED) is 0.789. The Labute approximate surface area is 99.5 Å². The van der Waals surface area contributed by atoms with Gasteiger partial charge < -0.3 is 15.0 Å². The van der Waals surface area contributed by atoms with Gasteiger partial charge in [0, 0.05) is 32.3 Å². The number of ether oxygens (including phenoxy) is 1. The highest BCUT2D eigenvalue weighted by atomic mass is 16.5. The van der Waals surface area contributed by atoms with Crippen LogP contribution in [0.25, 0.3) is 0 Å². The van der Waals surface area contributed by atoms with Crippen molar-refractivity contribution in [1.82, 2.24) is 10.2 Å². The third kappa shape index (κ3) is 3.72. The van der Waals surface area contributed by atoms with Gasteiger partial charge in [-0.25, -0.2) is 0 Å². The van der Waals surface area contributed by atoms with Crippen LogP contribution in [0.4, 0.5) is 0 Å². The molecule has 2 aliphatic heterocycles. The molecule has 2 rings (SSSR count). The molecule has 0 amide bonds. The minimum atomic E-state index is 0.743. The Bertz CT molecular complexity index is 192. The van der Waals surface area contributed by atoms with E-state index in [1.54, 1.807) is 0 Å². The van der Waals surface area contributed by atoms with Crippen molar-refractivity contribution in [2.24, 2.45) is 5.92 Å². The first-order valence-corrected chi connectivity index (χ1v) is 6.92. The topological polar surface area (TPSA) is 24.5 Å². The molecule has 0 spiro atoms. The molecule has 2 atom stereocenters. The van der Waals surface area contributed by atoms with Crippen molar-refractivity contribution in [2.45, 2.75) is 38.6 Å². The maximum absolute atomic E-state index is 5.55. The summed E-state index contributed by atoms with van der Waals surface area (Å²) in [5.41, 5.74) is 0. The molecule has 2 saturated heterocycles. The van der Waals surface area contributed by atoms with Crippen molar-refractivity contribution in [3.63, 3.8) is 0 Å². The summed E-state index contributed by atoms with van der Waals surface area (Å²) in [7, 11) is 0. The molecular formula is C13H26N2O. The summed E-state index contributed by atoms with van der Waals surface area (Å²) < 4.78 is 5.55. The van der Waals surface area contributed by atoms with Crippen molar-refractivity contribution >= 4 is 0 Å². The minimum Gasteiger partial charge on any atom is -0.381 e. The van der Waals surface area contributed by atoms with Gasteiger partial charge in [0.15, 0.2) is 0 Å². The molecule has 2 heterocycles. The first-order valence-electron chi connectivity index (χ1n) is 6.92. The predicted octanol–water partition coefficient (Wildman–Crippen LogP) is 1.49. The van der Waals surface area contributed by atoms with Gasteiger partial charge in [0.05, 0.1) is 6.61 Å². The zero-order chi connectivity index (χ0) is 11.2. The van der Waals surface area contributed by atoms with E-state index in [1.807, 2.05) is 0 Å². The van der Waals surface area contributed by atoms with Crippen molar-refractivity contribution in [1.29, 1.82) is 0 Å². The van der Waals surface area contributed by atoms with E-state index in [4.69, 9.17) is 4.74 Å². The summed E-state index contributed by atoms with van der Waals surface area (Å²) in [6.45, 7) is 9.14. The average Bonchev–Trinajstić information content (AvgIpc) is 2.56. The molecule has 0 saturated carbocycles. The van der Waals surface area contributed by atoms with Crippen LogP contribution in [0.15, 0.2) is 0 Å². The van der Waals surface area contributed by atoms with Crippen molar-refractivity contribution in [2.75, 3.05) is 39.4 Å². The fourth-order valence-electron chi connectivity index (χ4n) is 2.83. The molecule has 0 radical (unpaired) electrons. The Hall–Kier alpha value is -0.120. The standard InChI is InChI=1S/C13H26N2O/c1-2-13-5-7-15(8-6-14-13)10-12-4-3-9-16-11-12/h12-14H,2-11H2,1H3. The number of nitrogens with zero attached hydrogens (tertiary/aromatic N) is 1. The lowest BCUT2D eigenvalue weighted by atomic mass is 10.0. The molecule has 0 aromatic rings. The Balaban J connectivity index is 1.72. The molecule has 16 heavy (non-hydrogen) atoms. The van der Waals surface area contributed by atoms with Crippen LogP contribution in [0.5, 0.6) is 0 Å². The normalized spacial score (nSPS) is 33.6. The molecule has 0 aliphatic carbocycles. The van der Waals surface area contributed by atoms with Crippen LogP contribution in [-0.4, -0.2) is 50.3 Å². The highest BCUT2D eigenvalue weighted by Crippen LogP contribution is 2.16. The summed E-state index contributed by atoms with van der Waals surface area (Å²) in [4.78, 5) is 2.63. The minimum absolute atomic E-state index is 0.743. The van der Waals surface area contributed by atoms with Gasteiger partial charge in [-0.15, -0.1) is 0 Å². The third-order valence-corrected chi connectivity index (χ3v) is 3.92. The van der Waals surface area contributed by atoms with Gasteiger partial charge in [0.25, 0.3) is 0 Å². The maximum atomic E-state index is 5.55. The van der Waals surface area contributed by atoms with Gasteiger partial charge in [-0.1, -0.05) is 6.92 Å². The summed E-state index contributed by atoms with van der Waals surface area (Å²) in [6, 6.07) is 0.743. The largest absolute Gasteiger partial charge is 0.381 e. The summed E-state index contributed by atoms with van der Waals surface area (Å²) in [5, 5.41) is 3.63. The van der Waals surface area contributed by atoms with E-state index in [2.05, 4.69) is 17.1 Å². The lowest BCUT2D eigenvalue weighted by molar-refractivity contribution is 0.0393.